The molecule has 110 valence electrons. The molecule has 0 saturated carbocycles. The molecule has 0 aliphatic rings. The first kappa shape index (κ1) is 18.2. The molecule has 0 aromatic carbocycles. The Morgan fingerprint density at radius 2 is 1.16 bits per heavy atom. The van der Waals surface area contributed by atoms with E-state index in [1.165, 1.54) is 38.5 Å². The van der Waals surface area contributed by atoms with Gasteiger partial charge >= 0.3 is 0 Å². The standard InChI is InChI=1S/C18H32O/c1-2-3-4-5-6-7-8-9-10-11-12-13-14-15-16-17-18-19/h3-4,6-7,9-10,19H,2,5,8,11-18H2,1H3/b4-3?,7-6?,10-9-. The highest BCUT2D eigenvalue weighted by Gasteiger charge is 1.89. The second-order valence-corrected chi connectivity index (χ2v) is 4.93. The minimum absolute atomic E-state index is 0.352. The van der Waals surface area contributed by atoms with Crippen LogP contribution in [0.15, 0.2) is 36.5 Å². The Bertz CT molecular complexity index is 238. The molecule has 1 nitrogen and oxygen atoms in total. The van der Waals surface area contributed by atoms with Crippen molar-refractivity contribution in [1.29, 1.82) is 0 Å². The van der Waals surface area contributed by atoms with Crippen LogP contribution < -0.4 is 0 Å². The molecule has 1 N–H and O–H groups in total. The van der Waals surface area contributed by atoms with Gasteiger partial charge in [-0.3, -0.25) is 0 Å². The lowest BCUT2D eigenvalue weighted by atomic mass is 10.1. The van der Waals surface area contributed by atoms with Gasteiger partial charge < -0.3 is 5.11 Å². The van der Waals surface area contributed by atoms with Crippen LogP contribution in [0, 0.1) is 0 Å². The fourth-order valence-corrected chi connectivity index (χ4v) is 1.91. The molecule has 0 aliphatic carbocycles. The number of hydrogen-bond acceptors (Lipinski definition) is 1. The van der Waals surface area contributed by atoms with Crippen LogP contribution in [0.1, 0.15) is 71.1 Å². The number of rotatable bonds is 13. The van der Waals surface area contributed by atoms with E-state index < -0.39 is 0 Å². The minimum atomic E-state index is 0.352. The van der Waals surface area contributed by atoms with Crippen molar-refractivity contribution >= 4 is 0 Å². The Labute approximate surface area is 120 Å². The quantitative estimate of drug-likeness (QED) is 0.340. The smallest absolute Gasteiger partial charge is 0.0431 e. The normalized spacial score (nSPS) is 12.3. The van der Waals surface area contributed by atoms with E-state index in [2.05, 4.69) is 43.4 Å². The molecule has 0 radical (unpaired) electrons. The summed E-state index contributed by atoms with van der Waals surface area (Å²) in [6.45, 7) is 2.51. The zero-order valence-electron chi connectivity index (χ0n) is 12.7. The van der Waals surface area contributed by atoms with E-state index in [-0.39, 0.29) is 0 Å². The van der Waals surface area contributed by atoms with E-state index in [4.69, 9.17) is 5.11 Å². The molecule has 0 atom stereocenters. The van der Waals surface area contributed by atoms with Crippen molar-refractivity contribution < 1.29 is 5.11 Å². The van der Waals surface area contributed by atoms with Crippen molar-refractivity contribution in [3.8, 4) is 0 Å². The van der Waals surface area contributed by atoms with Crippen LogP contribution in [0.2, 0.25) is 0 Å². The molecule has 0 saturated heterocycles. The van der Waals surface area contributed by atoms with Crippen molar-refractivity contribution in [3.63, 3.8) is 0 Å². The lowest BCUT2D eigenvalue weighted by Crippen LogP contribution is -1.83. The zero-order valence-corrected chi connectivity index (χ0v) is 12.7. The largest absolute Gasteiger partial charge is 0.396 e. The Hall–Kier alpha value is -0.820. The van der Waals surface area contributed by atoms with Crippen LogP contribution in [0.25, 0.3) is 0 Å². The fraction of sp³-hybridized carbons (Fsp3) is 0.667. The molecular formula is C18H32O. The maximum atomic E-state index is 8.65. The van der Waals surface area contributed by atoms with Gasteiger partial charge in [-0.25, -0.2) is 0 Å². The van der Waals surface area contributed by atoms with Gasteiger partial charge in [0, 0.05) is 6.61 Å². The Kier molecular flexibility index (Phi) is 16.4. The Morgan fingerprint density at radius 3 is 1.79 bits per heavy atom. The highest BCUT2D eigenvalue weighted by molar-refractivity contribution is 4.96. The van der Waals surface area contributed by atoms with E-state index >= 15 is 0 Å². The number of aliphatic hydroxyl groups is 1. The van der Waals surface area contributed by atoms with Gasteiger partial charge in [0.2, 0.25) is 0 Å². The van der Waals surface area contributed by atoms with E-state index in [9.17, 15) is 0 Å². The zero-order chi connectivity index (χ0) is 14.0. The molecule has 0 rings (SSSR count). The SMILES string of the molecule is CCC=CCC=CC/C=C\CCCCCCCCO. The molecule has 0 amide bonds. The Morgan fingerprint density at radius 1 is 0.632 bits per heavy atom. The van der Waals surface area contributed by atoms with Gasteiger partial charge in [-0.2, -0.15) is 0 Å². The number of aliphatic hydroxyl groups excluding tert-OH is 1. The maximum Gasteiger partial charge on any atom is 0.0431 e. The van der Waals surface area contributed by atoms with E-state index in [1.54, 1.807) is 0 Å². The van der Waals surface area contributed by atoms with Crippen molar-refractivity contribution in [2.45, 2.75) is 71.1 Å². The monoisotopic (exact) mass is 264 g/mol. The summed E-state index contributed by atoms with van der Waals surface area (Å²) in [6.07, 6.45) is 25.3. The summed E-state index contributed by atoms with van der Waals surface area (Å²) in [5.41, 5.74) is 0. The van der Waals surface area contributed by atoms with Crippen LogP contribution >= 0.6 is 0 Å². The third-order valence-electron chi connectivity index (χ3n) is 3.06. The van der Waals surface area contributed by atoms with Crippen molar-refractivity contribution in [3.05, 3.63) is 36.5 Å². The molecule has 0 unspecified atom stereocenters. The molecule has 0 aromatic heterocycles. The Balaban J connectivity index is 3.19. The summed E-state index contributed by atoms with van der Waals surface area (Å²) < 4.78 is 0. The third kappa shape index (κ3) is 17.2. The topological polar surface area (TPSA) is 20.2 Å². The van der Waals surface area contributed by atoms with Crippen molar-refractivity contribution in [1.82, 2.24) is 0 Å². The van der Waals surface area contributed by atoms with Crippen LogP contribution in [0.4, 0.5) is 0 Å². The van der Waals surface area contributed by atoms with Crippen LogP contribution in [-0.4, -0.2) is 11.7 Å². The lowest BCUT2D eigenvalue weighted by molar-refractivity contribution is 0.282. The van der Waals surface area contributed by atoms with Gasteiger partial charge in [0.05, 0.1) is 0 Å². The minimum Gasteiger partial charge on any atom is -0.396 e. The van der Waals surface area contributed by atoms with E-state index in [0.717, 1.165) is 25.7 Å². The van der Waals surface area contributed by atoms with Gasteiger partial charge in [-0.05, 0) is 38.5 Å². The second kappa shape index (κ2) is 17.2. The predicted octanol–water partition coefficient (Wildman–Crippen LogP) is 5.57. The molecule has 0 fully saturated rings. The summed E-state index contributed by atoms with van der Waals surface area (Å²) in [7, 11) is 0. The van der Waals surface area contributed by atoms with Crippen molar-refractivity contribution in [2.75, 3.05) is 6.61 Å². The summed E-state index contributed by atoms with van der Waals surface area (Å²) in [4.78, 5) is 0. The molecule has 0 bridgehead atoms. The summed E-state index contributed by atoms with van der Waals surface area (Å²) in [5.74, 6) is 0. The molecule has 0 aromatic rings. The van der Waals surface area contributed by atoms with Crippen LogP contribution in [0.5, 0.6) is 0 Å². The fourth-order valence-electron chi connectivity index (χ4n) is 1.91. The first-order valence-corrected chi connectivity index (χ1v) is 7.97. The first-order chi connectivity index (χ1) is 9.41. The van der Waals surface area contributed by atoms with E-state index in [1.807, 2.05) is 0 Å². The van der Waals surface area contributed by atoms with Gasteiger partial charge in [0.1, 0.15) is 0 Å². The lowest BCUT2D eigenvalue weighted by Gasteiger charge is -1.98. The molecular weight excluding hydrogens is 232 g/mol. The number of unbranched alkanes of at least 4 members (excludes halogenated alkanes) is 6. The van der Waals surface area contributed by atoms with Crippen molar-refractivity contribution in [2.24, 2.45) is 0 Å². The first-order valence-electron chi connectivity index (χ1n) is 7.97. The number of allylic oxidation sites excluding steroid dienone is 6. The van der Waals surface area contributed by atoms with Crippen LogP contribution in [0.3, 0.4) is 0 Å². The molecule has 0 aliphatic heterocycles. The van der Waals surface area contributed by atoms with Gasteiger partial charge in [0.25, 0.3) is 0 Å². The predicted molar refractivity (Wildman–Crippen MR) is 86.3 cm³/mol. The maximum absolute atomic E-state index is 8.65. The summed E-state index contributed by atoms with van der Waals surface area (Å²) in [5, 5.41) is 8.65. The average molecular weight is 264 g/mol. The second-order valence-electron chi connectivity index (χ2n) is 4.93. The summed E-state index contributed by atoms with van der Waals surface area (Å²) >= 11 is 0. The average Bonchev–Trinajstić information content (AvgIpc) is 2.43. The highest BCUT2D eigenvalue weighted by Crippen LogP contribution is 2.07. The highest BCUT2D eigenvalue weighted by atomic mass is 16.2. The summed E-state index contributed by atoms with van der Waals surface area (Å²) in [6, 6.07) is 0. The number of hydrogen-bond donors (Lipinski definition) is 1. The molecule has 0 spiro atoms. The molecule has 0 heterocycles. The third-order valence-corrected chi connectivity index (χ3v) is 3.06. The van der Waals surface area contributed by atoms with Crippen LogP contribution in [-0.2, 0) is 0 Å². The van der Waals surface area contributed by atoms with Gasteiger partial charge in [-0.15, -0.1) is 0 Å². The van der Waals surface area contributed by atoms with Gasteiger partial charge in [-0.1, -0.05) is 69.1 Å². The molecule has 19 heavy (non-hydrogen) atoms. The van der Waals surface area contributed by atoms with E-state index in [0.29, 0.717) is 6.61 Å². The van der Waals surface area contributed by atoms with Gasteiger partial charge in [0.15, 0.2) is 0 Å². The molecule has 1 heteroatoms.